The zero-order valence-corrected chi connectivity index (χ0v) is 15.6. The van der Waals surface area contributed by atoms with Gasteiger partial charge < -0.3 is 10.0 Å². The van der Waals surface area contributed by atoms with E-state index in [0.29, 0.717) is 35.2 Å². The van der Waals surface area contributed by atoms with Gasteiger partial charge in [0.25, 0.3) is 5.91 Å². The minimum Gasteiger partial charge on any atom is -0.508 e. The fraction of sp³-hybridized carbons (Fsp3) is 0.350. The normalized spacial score (nSPS) is 17.7. The number of amides is 1. The number of aryl methyl sites for hydroxylation is 1. The van der Waals surface area contributed by atoms with Crippen molar-refractivity contribution in [2.75, 3.05) is 6.54 Å². The maximum atomic E-state index is 13.5. The Bertz CT molecular complexity index is 1060. The Labute approximate surface area is 164 Å². The SMILES string of the molecule is Cc1[nH]nc2nc(-c3ccc(O)cc3)cc(C(=O)N3CCCCC3C(F)(F)F)c12. The van der Waals surface area contributed by atoms with Crippen LogP contribution in [0.4, 0.5) is 13.2 Å². The first-order valence-corrected chi connectivity index (χ1v) is 9.28. The summed E-state index contributed by atoms with van der Waals surface area (Å²) in [7, 11) is 0. The molecule has 1 amide bonds. The number of aromatic nitrogens is 3. The maximum absolute atomic E-state index is 13.5. The Morgan fingerprint density at radius 2 is 1.97 bits per heavy atom. The van der Waals surface area contributed by atoms with Gasteiger partial charge in [0.15, 0.2) is 5.65 Å². The number of nitrogens with zero attached hydrogens (tertiary/aromatic N) is 3. The topological polar surface area (TPSA) is 82.1 Å². The molecule has 1 aliphatic rings. The average molecular weight is 404 g/mol. The zero-order chi connectivity index (χ0) is 20.8. The van der Waals surface area contributed by atoms with E-state index in [1.807, 2.05) is 0 Å². The molecule has 0 saturated carbocycles. The summed E-state index contributed by atoms with van der Waals surface area (Å²) in [5.41, 5.74) is 1.98. The lowest BCUT2D eigenvalue weighted by molar-refractivity contribution is -0.183. The average Bonchev–Trinajstić information content (AvgIpc) is 3.07. The first-order valence-electron chi connectivity index (χ1n) is 9.28. The molecule has 1 saturated heterocycles. The Balaban J connectivity index is 1.84. The van der Waals surface area contributed by atoms with Crippen molar-refractivity contribution in [3.63, 3.8) is 0 Å². The third kappa shape index (κ3) is 3.52. The quantitative estimate of drug-likeness (QED) is 0.671. The summed E-state index contributed by atoms with van der Waals surface area (Å²) in [5, 5.41) is 16.8. The van der Waals surface area contributed by atoms with Crippen LogP contribution in [0.1, 0.15) is 35.3 Å². The van der Waals surface area contributed by atoms with Gasteiger partial charge in [-0.25, -0.2) is 4.98 Å². The lowest BCUT2D eigenvalue weighted by Crippen LogP contribution is -2.51. The number of alkyl halides is 3. The first kappa shape index (κ1) is 19.2. The van der Waals surface area contributed by atoms with E-state index in [1.54, 1.807) is 19.1 Å². The molecule has 2 aromatic heterocycles. The number of carbonyl (C=O) groups excluding carboxylic acids is 1. The third-order valence-electron chi connectivity index (χ3n) is 5.24. The maximum Gasteiger partial charge on any atom is 0.408 e. The number of carbonyl (C=O) groups is 1. The molecule has 2 N–H and O–H groups in total. The number of aromatic hydroxyl groups is 1. The summed E-state index contributed by atoms with van der Waals surface area (Å²) < 4.78 is 40.6. The van der Waals surface area contributed by atoms with Crippen LogP contribution in [-0.2, 0) is 0 Å². The van der Waals surface area contributed by atoms with Crippen LogP contribution < -0.4 is 0 Å². The highest BCUT2D eigenvalue weighted by Crippen LogP contribution is 2.34. The van der Waals surface area contributed by atoms with Gasteiger partial charge in [-0.05, 0) is 56.5 Å². The largest absolute Gasteiger partial charge is 0.508 e. The minimum atomic E-state index is -4.48. The number of H-pyrrole nitrogens is 1. The molecular formula is C20H19F3N4O2. The van der Waals surface area contributed by atoms with Gasteiger partial charge in [0.05, 0.1) is 16.6 Å². The molecule has 3 aromatic rings. The lowest BCUT2D eigenvalue weighted by atomic mass is 9.98. The van der Waals surface area contributed by atoms with Gasteiger partial charge in [-0.1, -0.05) is 0 Å². The molecule has 1 aliphatic heterocycles. The second-order valence-electron chi connectivity index (χ2n) is 7.20. The highest BCUT2D eigenvalue weighted by atomic mass is 19.4. The third-order valence-corrected chi connectivity index (χ3v) is 5.24. The standard InChI is InChI=1S/C20H19F3N4O2/c1-11-17-14(19(29)27-9-3-2-4-16(27)20(21,22)23)10-15(24-18(17)26-25-11)12-5-7-13(28)8-6-12/h5-8,10,16,28H,2-4,9H2,1H3,(H,24,25,26). The predicted molar refractivity (Wildman–Crippen MR) is 100 cm³/mol. The molecular weight excluding hydrogens is 385 g/mol. The van der Waals surface area contributed by atoms with Crippen LogP contribution >= 0.6 is 0 Å². The molecule has 1 fully saturated rings. The van der Waals surface area contributed by atoms with E-state index in [4.69, 9.17) is 0 Å². The molecule has 0 bridgehead atoms. The number of likely N-dealkylation sites (tertiary alicyclic amines) is 1. The van der Waals surface area contributed by atoms with Gasteiger partial charge in [-0.3, -0.25) is 9.89 Å². The second kappa shape index (κ2) is 7.06. The molecule has 29 heavy (non-hydrogen) atoms. The van der Waals surface area contributed by atoms with E-state index in [9.17, 15) is 23.1 Å². The summed E-state index contributed by atoms with van der Waals surface area (Å²) in [6.07, 6.45) is -3.61. The second-order valence-corrected chi connectivity index (χ2v) is 7.20. The number of phenols is 1. The molecule has 1 atom stereocenters. The van der Waals surface area contributed by atoms with Crippen molar-refractivity contribution in [3.05, 3.63) is 41.6 Å². The number of nitrogens with one attached hydrogen (secondary N) is 1. The van der Waals surface area contributed by atoms with Crippen LogP contribution in [0.25, 0.3) is 22.3 Å². The van der Waals surface area contributed by atoms with Crippen LogP contribution in [0.15, 0.2) is 30.3 Å². The molecule has 0 spiro atoms. The number of benzene rings is 1. The van der Waals surface area contributed by atoms with Gasteiger partial charge >= 0.3 is 6.18 Å². The number of piperidine rings is 1. The molecule has 9 heteroatoms. The van der Waals surface area contributed by atoms with E-state index < -0.39 is 18.1 Å². The summed E-state index contributed by atoms with van der Waals surface area (Å²) in [5.74, 6) is -0.605. The van der Waals surface area contributed by atoms with Crippen molar-refractivity contribution in [2.24, 2.45) is 0 Å². The van der Waals surface area contributed by atoms with Crippen LogP contribution in [0.5, 0.6) is 5.75 Å². The Kier molecular flexibility index (Phi) is 4.68. The monoisotopic (exact) mass is 404 g/mol. The van der Waals surface area contributed by atoms with Crippen LogP contribution in [0, 0.1) is 6.92 Å². The molecule has 1 unspecified atom stereocenters. The number of aromatic amines is 1. The van der Waals surface area contributed by atoms with Gasteiger partial charge in [0.1, 0.15) is 11.8 Å². The lowest BCUT2D eigenvalue weighted by Gasteiger charge is -2.37. The number of phenolic OH excluding ortho intramolecular Hbond substituents is 1. The predicted octanol–water partition coefficient (Wildman–Crippen LogP) is 4.20. The number of hydrogen-bond acceptors (Lipinski definition) is 4. The number of hydrogen-bond donors (Lipinski definition) is 2. The van der Waals surface area contributed by atoms with E-state index in [-0.39, 0.29) is 29.9 Å². The summed E-state index contributed by atoms with van der Waals surface area (Å²) in [4.78, 5) is 18.6. The molecule has 1 aromatic carbocycles. The zero-order valence-electron chi connectivity index (χ0n) is 15.6. The van der Waals surface area contributed by atoms with E-state index in [2.05, 4.69) is 15.2 Å². The first-order chi connectivity index (χ1) is 13.8. The van der Waals surface area contributed by atoms with Crippen LogP contribution in [0.3, 0.4) is 0 Å². The molecule has 0 radical (unpaired) electrons. The van der Waals surface area contributed by atoms with Crippen molar-refractivity contribution in [3.8, 4) is 17.0 Å². The van der Waals surface area contributed by atoms with Gasteiger partial charge in [0.2, 0.25) is 0 Å². The highest BCUT2D eigenvalue weighted by Gasteiger charge is 2.46. The molecule has 4 rings (SSSR count). The van der Waals surface area contributed by atoms with Crippen LogP contribution in [0.2, 0.25) is 0 Å². The van der Waals surface area contributed by atoms with E-state index in [0.717, 1.165) is 4.90 Å². The van der Waals surface area contributed by atoms with Gasteiger partial charge in [-0.15, -0.1) is 0 Å². The molecule has 0 aliphatic carbocycles. The smallest absolute Gasteiger partial charge is 0.408 e. The van der Waals surface area contributed by atoms with Gasteiger partial charge in [0, 0.05) is 17.8 Å². The van der Waals surface area contributed by atoms with Crippen molar-refractivity contribution >= 4 is 16.9 Å². The summed E-state index contributed by atoms with van der Waals surface area (Å²) in [6, 6.07) is 5.90. The number of halogens is 3. The molecule has 6 nitrogen and oxygen atoms in total. The highest BCUT2D eigenvalue weighted by molar-refractivity contribution is 6.07. The Morgan fingerprint density at radius 1 is 1.24 bits per heavy atom. The van der Waals surface area contributed by atoms with E-state index in [1.165, 1.54) is 18.2 Å². The van der Waals surface area contributed by atoms with Crippen molar-refractivity contribution in [1.82, 2.24) is 20.1 Å². The van der Waals surface area contributed by atoms with Crippen molar-refractivity contribution < 1.29 is 23.1 Å². The molecule has 3 heterocycles. The Hall–Kier alpha value is -3.10. The van der Waals surface area contributed by atoms with Crippen LogP contribution in [-0.4, -0.2) is 49.9 Å². The minimum absolute atomic E-state index is 0.0538. The fourth-order valence-corrected chi connectivity index (χ4v) is 3.79. The molecule has 152 valence electrons. The fourth-order valence-electron chi connectivity index (χ4n) is 3.79. The van der Waals surface area contributed by atoms with Gasteiger partial charge in [-0.2, -0.15) is 18.3 Å². The summed E-state index contributed by atoms with van der Waals surface area (Å²) in [6.45, 7) is 1.75. The number of pyridine rings is 1. The Morgan fingerprint density at radius 3 is 2.66 bits per heavy atom. The number of rotatable bonds is 2. The van der Waals surface area contributed by atoms with E-state index >= 15 is 0 Å². The summed E-state index contributed by atoms with van der Waals surface area (Å²) >= 11 is 0. The number of fused-ring (bicyclic) bond motifs is 1. The van der Waals surface area contributed by atoms with Crippen molar-refractivity contribution in [2.45, 2.75) is 38.4 Å². The van der Waals surface area contributed by atoms with Crippen molar-refractivity contribution in [1.29, 1.82) is 0 Å².